The van der Waals surface area contributed by atoms with Crippen LogP contribution < -0.4 is 14.8 Å². The molecular formula is C15H17F2N3OS2. The van der Waals surface area contributed by atoms with Gasteiger partial charge >= 0.3 is 0 Å². The predicted octanol–water partition coefficient (Wildman–Crippen LogP) is 3.98. The molecule has 0 aliphatic carbocycles. The molecule has 0 spiro atoms. The fourth-order valence-corrected chi connectivity index (χ4v) is 3.68. The smallest absolute Gasteiger partial charge is 0.192 e. The number of piperidine rings is 1. The van der Waals surface area contributed by atoms with Crippen molar-refractivity contribution in [2.75, 3.05) is 17.8 Å². The summed E-state index contributed by atoms with van der Waals surface area (Å²) in [5.74, 6) is -0.945. The van der Waals surface area contributed by atoms with Crippen LogP contribution in [0.2, 0.25) is 0 Å². The number of thiazole rings is 1. The van der Waals surface area contributed by atoms with Crippen LogP contribution in [0, 0.1) is 18.6 Å². The molecule has 1 aromatic carbocycles. The van der Waals surface area contributed by atoms with Crippen LogP contribution in [0.3, 0.4) is 0 Å². The van der Waals surface area contributed by atoms with E-state index in [2.05, 4.69) is 15.0 Å². The van der Waals surface area contributed by atoms with Crippen molar-refractivity contribution in [3.8, 4) is 5.75 Å². The number of nitrogens with one attached hydrogen (secondary N) is 2. The molecule has 2 aromatic rings. The van der Waals surface area contributed by atoms with Crippen molar-refractivity contribution in [1.82, 2.24) is 10.3 Å². The first-order valence-electron chi connectivity index (χ1n) is 7.33. The molecule has 23 heavy (non-hydrogen) atoms. The lowest BCUT2D eigenvalue weighted by Crippen LogP contribution is -2.34. The maximum absolute atomic E-state index is 14.5. The second-order valence-corrected chi connectivity index (χ2v) is 6.94. The highest BCUT2D eigenvalue weighted by atomic mass is 32.2. The van der Waals surface area contributed by atoms with Gasteiger partial charge in [0.1, 0.15) is 28.4 Å². The molecule has 3 rings (SSSR count). The van der Waals surface area contributed by atoms with Crippen LogP contribution in [-0.2, 0) is 0 Å². The van der Waals surface area contributed by atoms with Crippen LogP contribution in [0.15, 0.2) is 22.5 Å². The minimum Gasteiger partial charge on any atom is -0.490 e. The number of hydrogen-bond donors (Lipinski definition) is 2. The van der Waals surface area contributed by atoms with Gasteiger partial charge in [0.15, 0.2) is 5.13 Å². The fraction of sp³-hybridized carbons (Fsp3) is 0.400. The minimum absolute atomic E-state index is 0.000645. The van der Waals surface area contributed by atoms with Gasteiger partial charge in [-0.15, -0.1) is 11.3 Å². The Balaban J connectivity index is 1.75. The zero-order chi connectivity index (χ0) is 16.2. The normalized spacial score (nSPS) is 15.6. The van der Waals surface area contributed by atoms with Gasteiger partial charge in [0.25, 0.3) is 0 Å². The summed E-state index contributed by atoms with van der Waals surface area (Å²) in [4.78, 5) is 3.95. The lowest BCUT2D eigenvalue weighted by Gasteiger charge is -2.25. The molecule has 1 aliphatic rings. The number of rotatable bonds is 5. The number of aromatic nitrogens is 1. The lowest BCUT2D eigenvalue weighted by atomic mass is 10.1. The summed E-state index contributed by atoms with van der Waals surface area (Å²) in [6, 6.07) is 1.27. The highest BCUT2D eigenvalue weighted by molar-refractivity contribution is 8.00. The van der Waals surface area contributed by atoms with Crippen LogP contribution in [0.5, 0.6) is 5.75 Å². The zero-order valence-corrected chi connectivity index (χ0v) is 14.2. The Morgan fingerprint density at radius 1 is 1.39 bits per heavy atom. The summed E-state index contributed by atoms with van der Waals surface area (Å²) < 4.78 is 37.4. The number of halogens is 2. The molecule has 0 amide bonds. The van der Waals surface area contributed by atoms with E-state index in [9.17, 15) is 8.78 Å². The van der Waals surface area contributed by atoms with E-state index >= 15 is 0 Å². The van der Waals surface area contributed by atoms with Crippen LogP contribution in [0.25, 0.3) is 0 Å². The Bertz CT molecular complexity index is 661. The van der Waals surface area contributed by atoms with Gasteiger partial charge in [-0.25, -0.2) is 13.8 Å². The van der Waals surface area contributed by atoms with E-state index in [0.717, 1.165) is 37.9 Å². The molecule has 1 aromatic heterocycles. The van der Waals surface area contributed by atoms with E-state index in [-0.39, 0.29) is 16.7 Å². The molecule has 0 unspecified atom stereocenters. The number of benzene rings is 1. The van der Waals surface area contributed by atoms with Gasteiger partial charge in [0.2, 0.25) is 0 Å². The van der Waals surface area contributed by atoms with Crippen LogP contribution >= 0.6 is 23.3 Å². The summed E-state index contributed by atoms with van der Waals surface area (Å²) >= 11 is 2.25. The quantitative estimate of drug-likeness (QED) is 0.793. The molecule has 8 heteroatoms. The number of hydrogen-bond acceptors (Lipinski definition) is 6. The van der Waals surface area contributed by atoms with Crippen molar-refractivity contribution in [2.24, 2.45) is 0 Å². The third-order valence-electron chi connectivity index (χ3n) is 3.63. The Morgan fingerprint density at radius 3 is 2.87 bits per heavy atom. The number of anilines is 1. The van der Waals surface area contributed by atoms with Crippen molar-refractivity contribution < 1.29 is 13.5 Å². The lowest BCUT2D eigenvalue weighted by molar-refractivity contribution is 0.160. The van der Waals surface area contributed by atoms with E-state index in [1.165, 1.54) is 17.4 Å². The third kappa shape index (κ3) is 3.94. The Morgan fingerprint density at radius 2 is 2.17 bits per heavy atom. The molecule has 1 fully saturated rings. The highest BCUT2D eigenvalue weighted by Crippen LogP contribution is 2.34. The maximum Gasteiger partial charge on any atom is 0.192 e. The van der Waals surface area contributed by atoms with E-state index < -0.39 is 11.6 Å². The van der Waals surface area contributed by atoms with Gasteiger partial charge in [-0.1, -0.05) is 0 Å². The fourth-order valence-electron chi connectivity index (χ4n) is 2.35. The molecule has 2 N–H and O–H groups in total. The summed E-state index contributed by atoms with van der Waals surface area (Å²) in [5.41, 5.74) is 0.327. The van der Waals surface area contributed by atoms with Gasteiger partial charge in [-0.2, -0.15) is 0 Å². The second-order valence-electron chi connectivity index (χ2n) is 5.23. The first-order valence-corrected chi connectivity index (χ1v) is 9.03. The Kier molecular flexibility index (Phi) is 5.34. The first-order chi connectivity index (χ1) is 11.1. The molecule has 1 saturated heterocycles. The van der Waals surface area contributed by atoms with Crippen LogP contribution in [0.1, 0.15) is 18.4 Å². The molecule has 124 valence electrons. The second kappa shape index (κ2) is 7.46. The van der Waals surface area contributed by atoms with Crippen LogP contribution in [0.4, 0.5) is 13.9 Å². The van der Waals surface area contributed by atoms with E-state index in [4.69, 9.17) is 4.74 Å². The van der Waals surface area contributed by atoms with Gasteiger partial charge < -0.3 is 14.8 Å². The summed E-state index contributed by atoms with van der Waals surface area (Å²) in [5, 5.41) is 5.62. The molecule has 0 radical (unpaired) electrons. The van der Waals surface area contributed by atoms with E-state index in [0.29, 0.717) is 10.7 Å². The molecular weight excluding hydrogens is 340 g/mol. The van der Waals surface area contributed by atoms with Gasteiger partial charge in [-0.3, -0.25) is 0 Å². The largest absolute Gasteiger partial charge is 0.490 e. The predicted molar refractivity (Wildman–Crippen MR) is 89.2 cm³/mol. The number of nitrogens with zero attached hydrogens (tertiary/aromatic N) is 1. The first kappa shape index (κ1) is 16.5. The van der Waals surface area contributed by atoms with E-state index in [1.807, 2.05) is 0 Å². The minimum atomic E-state index is -0.633. The highest BCUT2D eigenvalue weighted by Gasteiger charge is 2.21. The number of ether oxygens (including phenoxy) is 1. The Hall–Kier alpha value is -1.38. The standard InChI is InChI=1S/C15H17F2N3OS2/c1-9-12(21-10-2-4-18-5-3-10)8-11(16)14(13(9)17)23-20-15-19-6-7-22-15/h6-8,10,18H,2-5H2,1H3,(H,19,20). The summed E-state index contributed by atoms with van der Waals surface area (Å²) in [6.45, 7) is 3.33. The average Bonchev–Trinajstić information content (AvgIpc) is 3.07. The summed E-state index contributed by atoms with van der Waals surface area (Å²) in [6.07, 6.45) is 3.30. The summed E-state index contributed by atoms with van der Waals surface area (Å²) in [7, 11) is 0. The van der Waals surface area contributed by atoms with Crippen LogP contribution in [-0.4, -0.2) is 24.2 Å². The van der Waals surface area contributed by atoms with Crippen molar-refractivity contribution >= 4 is 28.4 Å². The van der Waals surface area contributed by atoms with Crippen molar-refractivity contribution in [1.29, 1.82) is 0 Å². The third-order valence-corrected chi connectivity index (χ3v) is 5.32. The van der Waals surface area contributed by atoms with Gasteiger partial charge in [-0.05, 0) is 44.8 Å². The molecule has 1 aliphatic heterocycles. The monoisotopic (exact) mass is 357 g/mol. The molecule has 0 bridgehead atoms. The molecule has 2 heterocycles. The van der Waals surface area contributed by atoms with E-state index in [1.54, 1.807) is 18.5 Å². The van der Waals surface area contributed by atoms with Crippen molar-refractivity contribution in [3.05, 3.63) is 34.8 Å². The zero-order valence-electron chi connectivity index (χ0n) is 12.6. The molecule has 0 atom stereocenters. The van der Waals surface area contributed by atoms with Gasteiger partial charge in [0, 0.05) is 23.2 Å². The SMILES string of the molecule is Cc1c(OC2CCNCC2)cc(F)c(SNc2nccs2)c1F. The van der Waals surface area contributed by atoms with Crippen molar-refractivity contribution in [2.45, 2.75) is 30.8 Å². The Labute approximate surface area is 141 Å². The maximum atomic E-state index is 14.5. The topological polar surface area (TPSA) is 46.2 Å². The van der Waals surface area contributed by atoms with Crippen molar-refractivity contribution in [3.63, 3.8) is 0 Å². The molecule has 4 nitrogen and oxygen atoms in total. The molecule has 0 saturated carbocycles. The average molecular weight is 357 g/mol. The van der Waals surface area contributed by atoms with Gasteiger partial charge in [0.05, 0.1) is 0 Å².